The minimum Gasteiger partial charge on any atom is -0.469 e. The van der Waals surface area contributed by atoms with Gasteiger partial charge in [-0.05, 0) is 50.3 Å². The normalized spacial score (nSPS) is 10.6. The Bertz CT molecular complexity index is 855. The minimum atomic E-state index is -0.291. The van der Waals surface area contributed by atoms with Crippen molar-refractivity contribution in [1.82, 2.24) is 9.78 Å². The molecular formula is C19H19N3O3. The summed E-state index contributed by atoms with van der Waals surface area (Å²) in [4.78, 5) is 23.5. The Morgan fingerprint density at radius 1 is 1.28 bits per heavy atom. The molecule has 128 valence electrons. The predicted molar refractivity (Wildman–Crippen MR) is 92.9 cm³/mol. The van der Waals surface area contributed by atoms with Crippen LogP contribution in [0.25, 0.3) is 6.08 Å². The molecule has 6 heteroatoms. The molecule has 0 fully saturated rings. The molecule has 0 atom stereocenters. The van der Waals surface area contributed by atoms with Crippen LogP contribution in [0.4, 0.5) is 0 Å². The Kier molecular flexibility index (Phi) is 5.85. The summed E-state index contributed by atoms with van der Waals surface area (Å²) >= 11 is 0. The van der Waals surface area contributed by atoms with Gasteiger partial charge in [0.05, 0.1) is 37.4 Å². The van der Waals surface area contributed by atoms with Crippen LogP contribution in [0.5, 0.6) is 0 Å². The number of methoxy groups -OCH3 is 1. The molecule has 1 aromatic heterocycles. The van der Waals surface area contributed by atoms with Gasteiger partial charge in [0.15, 0.2) is 5.78 Å². The second kappa shape index (κ2) is 8.06. The summed E-state index contributed by atoms with van der Waals surface area (Å²) < 4.78 is 6.37. The largest absolute Gasteiger partial charge is 0.469 e. The summed E-state index contributed by atoms with van der Waals surface area (Å²) in [5.41, 5.74) is 3.55. The van der Waals surface area contributed by atoms with E-state index in [9.17, 15) is 9.59 Å². The molecule has 2 rings (SSSR count). The number of nitriles is 1. The van der Waals surface area contributed by atoms with Crippen molar-refractivity contribution in [2.45, 2.75) is 26.8 Å². The van der Waals surface area contributed by atoms with Gasteiger partial charge >= 0.3 is 5.97 Å². The predicted octanol–water partition coefficient (Wildman–Crippen LogP) is 2.83. The summed E-state index contributed by atoms with van der Waals surface area (Å²) in [5, 5.41) is 13.2. The number of rotatable bonds is 6. The number of ketones is 1. The fourth-order valence-electron chi connectivity index (χ4n) is 2.43. The van der Waals surface area contributed by atoms with Crippen molar-refractivity contribution in [3.8, 4) is 6.07 Å². The Morgan fingerprint density at radius 2 is 1.96 bits per heavy atom. The van der Waals surface area contributed by atoms with E-state index in [4.69, 9.17) is 5.26 Å². The number of carbonyl (C=O) groups is 2. The van der Waals surface area contributed by atoms with Gasteiger partial charge in [-0.25, -0.2) is 0 Å². The number of aromatic nitrogens is 2. The van der Waals surface area contributed by atoms with Crippen molar-refractivity contribution in [1.29, 1.82) is 5.26 Å². The number of ether oxygens (including phenoxy) is 1. The lowest BCUT2D eigenvalue weighted by molar-refractivity contribution is -0.140. The van der Waals surface area contributed by atoms with Crippen LogP contribution in [0.1, 0.15) is 39.3 Å². The number of aryl methyl sites for hydroxylation is 2. The van der Waals surface area contributed by atoms with Gasteiger partial charge < -0.3 is 4.74 Å². The molecule has 0 saturated carbocycles. The molecule has 0 N–H and O–H groups in total. The van der Waals surface area contributed by atoms with Gasteiger partial charge in [-0.2, -0.15) is 10.4 Å². The van der Waals surface area contributed by atoms with Gasteiger partial charge in [0.25, 0.3) is 0 Å². The Hall–Kier alpha value is -3.20. The van der Waals surface area contributed by atoms with Crippen LogP contribution in [0.15, 0.2) is 30.3 Å². The topological polar surface area (TPSA) is 85.0 Å². The first-order valence-electron chi connectivity index (χ1n) is 7.79. The zero-order valence-electron chi connectivity index (χ0n) is 14.4. The Morgan fingerprint density at radius 3 is 2.56 bits per heavy atom. The van der Waals surface area contributed by atoms with Crippen molar-refractivity contribution in [2.75, 3.05) is 7.11 Å². The SMILES string of the molecule is COC(=O)CCn1nc(C)c(/C=C\C(=O)c2ccc(C#N)cc2)c1C. The quantitative estimate of drug-likeness (QED) is 0.460. The summed E-state index contributed by atoms with van der Waals surface area (Å²) in [7, 11) is 1.35. The molecule has 0 aliphatic carbocycles. The standard InChI is InChI=1S/C19H19N3O3/c1-13-17(14(2)22(21-13)11-10-19(24)25-3)8-9-18(23)16-6-4-15(12-20)5-7-16/h4-9H,10-11H2,1-3H3/b9-8-. The highest BCUT2D eigenvalue weighted by Crippen LogP contribution is 2.16. The van der Waals surface area contributed by atoms with Crippen molar-refractivity contribution >= 4 is 17.8 Å². The summed E-state index contributed by atoms with van der Waals surface area (Å²) in [6.45, 7) is 4.17. The second-order valence-electron chi connectivity index (χ2n) is 5.52. The van der Waals surface area contributed by atoms with Crippen molar-refractivity contribution in [3.63, 3.8) is 0 Å². The van der Waals surface area contributed by atoms with E-state index in [0.717, 1.165) is 17.0 Å². The average molecular weight is 337 g/mol. The van der Waals surface area contributed by atoms with Gasteiger partial charge in [-0.1, -0.05) is 0 Å². The lowest BCUT2D eigenvalue weighted by atomic mass is 10.1. The molecule has 2 aromatic rings. The fourth-order valence-corrected chi connectivity index (χ4v) is 2.43. The van der Waals surface area contributed by atoms with Crippen LogP contribution in [0.3, 0.4) is 0 Å². The Labute approximate surface area is 146 Å². The van der Waals surface area contributed by atoms with E-state index in [1.54, 1.807) is 35.0 Å². The molecule has 0 bridgehead atoms. The molecule has 0 amide bonds. The monoisotopic (exact) mass is 337 g/mol. The fraction of sp³-hybridized carbons (Fsp3) is 0.263. The third-order valence-electron chi connectivity index (χ3n) is 3.89. The van der Waals surface area contributed by atoms with E-state index in [2.05, 4.69) is 9.84 Å². The number of carbonyl (C=O) groups excluding carboxylic acids is 2. The number of nitrogens with zero attached hydrogens (tertiary/aromatic N) is 3. The van der Waals surface area contributed by atoms with E-state index in [-0.39, 0.29) is 18.2 Å². The van der Waals surface area contributed by atoms with Crippen LogP contribution in [-0.2, 0) is 16.1 Å². The lowest BCUT2D eigenvalue weighted by Gasteiger charge is -2.03. The molecule has 0 spiro atoms. The molecule has 6 nitrogen and oxygen atoms in total. The molecule has 1 aromatic carbocycles. The minimum absolute atomic E-state index is 0.148. The number of hydrogen-bond acceptors (Lipinski definition) is 5. The van der Waals surface area contributed by atoms with Crippen molar-refractivity contribution in [3.05, 3.63) is 58.4 Å². The van der Waals surface area contributed by atoms with Crippen LogP contribution >= 0.6 is 0 Å². The maximum Gasteiger partial charge on any atom is 0.307 e. The second-order valence-corrected chi connectivity index (χ2v) is 5.52. The van der Waals surface area contributed by atoms with E-state index in [1.165, 1.54) is 13.2 Å². The van der Waals surface area contributed by atoms with Crippen molar-refractivity contribution in [2.24, 2.45) is 0 Å². The first-order valence-corrected chi connectivity index (χ1v) is 7.79. The average Bonchev–Trinajstić information content (AvgIpc) is 2.90. The number of allylic oxidation sites excluding steroid dienone is 1. The molecule has 0 aliphatic rings. The van der Waals surface area contributed by atoms with Crippen LogP contribution in [0, 0.1) is 25.2 Å². The van der Waals surface area contributed by atoms with E-state index < -0.39 is 0 Å². The van der Waals surface area contributed by atoms with Crippen LogP contribution < -0.4 is 0 Å². The van der Waals surface area contributed by atoms with E-state index in [0.29, 0.717) is 17.7 Å². The first kappa shape index (κ1) is 18.1. The van der Waals surface area contributed by atoms with Gasteiger partial charge in [0, 0.05) is 16.8 Å². The molecule has 0 unspecified atom stereocenters. The molecule has 0 saturated heterocycles. The Balaban J connectivity index is 2.14. The molecule has 25 heavy (non-hydrogen) atoms. The van der Waals surface area contributed by atoms with Gasteiger partial charge in [0.1, 0.15) is 0 Å². The zero-order chi connectivity index (χ0) is 18.4. The highest BCUT2D eigenvalue weighted by Gasteiger charge is 2.11. The maximum absolute atomic E-state index is 12.2. The van der Waals surface area contributed by atoms with Gasteiger partial charge in [0.2, 0.25) is 0 Å². The smallest absolute Gasteiger partial charge is 0.307 e. The zero-order valence-corrected chi connectivity index (χ0v) is 14.4. The summed E-state index contributed by atoms with van der Waals surface area (Å²) in [5.74, 6) is -0.439. The van der Waals surface area contributed by atoms with Crippen molar-refractivity contribution < 1.29 is 14.3 Å². The molecule has 1 heterocycles. The maximum atomic E-state index is 12.2. The van der Waals surface area contributed by atoms with Gasteiger partial charge in [-0.15, -0.1) is 0 Å². The van der Waals surface area contributed by atoms with Gasteiger partial charge in [-0.3, -0.25) is 14.3 Å². The summed E-state index contributed by atoms with van der Waals surface area (Å²) in [6.07, 6.45) is 3.46. The molecular weight excluding hydrogens is 318 g/mol. The molecule has 0 aliphatic heterocycles. The number of esters is 1. The summed E-state index contributed by atoms with van der Waals surface area (Å²) in [6, 6.07) is 8.51. The van der Waals surface area contributed by atoms with Crippen LogP contribution in [0.2, 0.25) is 0 Å². The number of hydrogen-bond donors (Lipinski definition) is 0. The van der Waals surface area contributed by atoms with Crippen LogP contribution in [-0.4, -0.2) is 28.6 Å². The third kappa shape index (κ3) is 4.42. The lowest BCUT2D eigenvalue weighted by Crippen LogP contribution is -2.09. The molecule has 0 radical (unpaired) electrons. The van der Waals surface area contributed by atoms with E-state index >= 15 is 0 Å². The first-order chi connectivity index (χ1) is 12.0. The highest BCUT2D eigenvalue weighted by molar-refractivity contribution is 6.06. The van der Waals surface area contributed by atoms with E-state index in [1.807, 2.05) is 19.9 Å². The number of benzene rings is 1. The highest BCUT2D eigenvalue weighted by atomic mass is 16.5. The third-order valence-corrected chi connectivity index (χ3v) is 3.89.